The monoisotopic (exact) mass is 563 g/mol. The summed E-state index contributed by atoms with van der Waals surface area (Å²) >= 11 is -0.556. The minimum atomic E-state index is -0.556. The van der Waals surface area contributed by atoms with Gasteiger partial charge in [0.15, 0.2) is 0 Å². The van der Waals surface area contributed by atoms with E-state index in [9.17, 15) is 0 Å². The van der Waals surface area contributed by atoms with Gasteiger partial charge in [0.2, 0.25) is 0 Å². The zero-order valence-electron chi connectivity index (χ0n) is 21.2. The van der Waals surface area contributed by atoms with Crippen molar-refractivity contribution in [2.45, 2.75) is 51.6 Å². The van der Waals surface area contributed by atoms with Crippen LogP contribution in [0.15, 0.2) is 84.9 Å². The van der Waals surface area contributed by atoms with Crippen LogP contribution in [0.25, 0.3) is 22.3 Å². The van der Waals surface area contributed by atoms with Crippen molar-refractivity contribution in [3.63, 3.8) is 0 Å². The molecule has 0 saturated carbocycles. The molecule has 2 aliphatic rings. The summed E-state index contributed by atoms with van der Waals surface area (Å²) in [5, 5.41) is 0. The van der Waals surface area contributed by atoms with Gasteiger partial charge in [-0.25, -0.2) is 0 Å². The Bertz CT molecular complexity index is 1030. The summed E-state index contributed by atoms with van der Waals surface area (Å²) in [6.07, 6.45) is 4.89. The first-order valence-corrected chi connectivity index (χ1v) is 18.6. The third-order valence-corrected chi connectivity index (χ3v) is 8.19. The second-order valence-electron chi connectivity index (χ2n) is 8.73. The Morgan fingerprint density at radius 3 is 1.44 bits per heavy atom. The van der Waals surface area contributed by atoms with Crippen LogP contribution in [0.5, 0.6) is 0 Å². The average molecular weight is 564 g/mol. The molecule has 2 aliphatic carbocycles. The van der Waals surface area contributed by atoms with E-state index in [-0.39, 0.29) is 0 Å². The van der Waals surface area contributed by atoms with E-state index in [0.29, 0.717) is 0 Å². The van der Waals surface area contributed by atoms with Crippen LogP contribution in [0.2, 0.25) is 12.1 Å². The number of halogens is 2. The molecule has 0 N–H and O–H groups in total. The normalized spacial score (nSPS) is 11.1. The summed E-state index contributed by atoms with van der Waals surface area (Å²) in [6, 6.07) is 39.2. The van der Waals surface area contributed by atoms with Gasteiger partial charge in [0, 0.05) is 9.52 Å². The molecule has 0 unspecified atom stereocenters. The van der Waals surface area contributed by atoms with Gasteiger partial charge in [0.1, 0.15) is 0 Å². The van der Waals surface area contributed by atoms with Gasteiger partial charge in [-0.3, -0.25) is 0 Å². The topological polar surface area (TPSA) is 0 Å². The number of fused-ring (bicyclic) bond motifs is 6. The molecule has 0 bridgehead atoms. The Morgan fingerprint density at radius 1 is 0.639 bits per heavy atom. The maximum absolute atomic E-state index is 4.89. The first kappa shape index (κ1) is 29.0. The largest absolute Gasteiger partial charge is 0.179 e. The molecule has 0 spiro atoms. The Balaban J connectivity index is 0.000000149. The standard InChI is InChI=1S/2C13H9.C6H15Si.2ClH.Ti/c2*1-3-7-12-10(5-1)9-11-6-2-4-8-13(11)12;1-3-5-7-6-4-2;;;/h2*1-5,7-8H,9H2;7H,3-6H2,1-2H3;2*1H;/q2*-1;;;;+2/p-2. The molecule has 0 heterocycles. The zero-order valence-corrected chi connectivity index (χ0v) is 25.4. The van der Waals surface area contributed by atoms with Crippen molar-refractivity contribution in [2.24, 2.45) is 0 Å². The van der Waals surface area contributed by atoms with E-state index in [1.54, 1.807) is 0 Å². The Hall–Kier alpha value is -1.61. The van der Waals surface area contributed by atoms with Gasteiger partial charge in [0.25, 0.3) is 0 Å². The van der Waals surface area contributed by atoms with Crippen molar-refractivity contribution in [3.05, 3.63) is 119 Å². The molecular weight excluding hydrogens is 531 g/mol. The van der Waals surface area contributed by atoms with Crippen LogP contribution in [-0.2, 0) is 29.9 Å². The first-order valence-electron chi connectivity index (χ1n) is 12.7. The summed E-state index contributed by atoms with van der Waals surface area (Å²) in [4.78, 5) is 0. The minimum Gasteiger partial charge on any atom is -0.179 e. The predicted octanol–water partition coefficient (Wildman–Crippen LogP) is 9.57. The van der Waals surface area contributed by atoms with Crippen LogP contribution in [0.1, 0.15) is 48.9 Å². The quantitative estimate of drug-likeness (QED) is 0.114. The minimum absolute atomic E-state index is 0.556. The Kier molecular flexibility index (Phi) is 13.1. The molecule has 6 rings (SSSR count). The fraction of sp³-hybridized carbons (Fsp3) is 0.250. The van der Waals surface area contributed by atoms with Crippen LogP contribution >= 0.6 is 18.6 Å². The van der Waals surface area contributed by atoms with Crippen molar-refractivity contribution in [1.29, 1.82) is 0 Å². The number of hydrogen-bond donors (Lipinski definition) is 0. The third-order valence-electron chi connectivity index (χ3n) is 6.22. The SMILES string of the molecule is CCC[SiH]CCC.[Cl][Ti][Cl].[c-]1cccc2c1Cc1ccccc1-2.[c-]1cccc2c1Cc1ccccc1-2. The van der Waals surface area contributed by atoms with E-state index < -0.39 is 17.0 Å². The summed E-state index contributed by atoms with van der Waals surface area (Å²) in [5.41, 5.74) is 11.0. The molecule has 0 atom stereocenters. The molecule has 185 valence electrons. The van der Waals surface area contributed by atoms with Gasteiger partial charge in [-0.1, -0.05) is 110 Å². The van der Waals surface area contributed by atoms with Gasteiger partial charge >= 0.3 is 35.6 Å². The van der Waals surface area contributed by atoms with E-state index in [1.165, 1.54) is 69.4 Å². The van der Waals surface area contributed by atoms with Crippen LogP contribution in [0, 0.1) is 12.1 Å². The molecule has 0 nitrogen and oxygen atoms in total. The second kappa shape index (κ2) is 16.3. The van der Waals surface area contributed by atoms with Crippen LogP contribution in [0.3, 0.4) is 0 Å². The average Bonchev–Trinajstić information content (AvgIpc) is 3.49. The van der Waals surface area contributed by atoms with Crippen LogP contribution < -0.4 is 0 Å². The number of rotatable bonds is 4. The fourth-order valence-corrected chi connectivity index (χ4v) is 5.65. The Morgan fingerprint density at radius 2 is 1.03 bits per heavy atom. The maximum atomic E-state index is 4.89. The van der Waals surface area contributed by atoms with E-state index in [4.69, 9.17) is 18.6 Å². The van der Waals surface area contributed by atoms with Gasteiger partial charge < -0.3 is 0 Å². The summed E-state index contributed by atoms with van der Waals surface area (Å²) in [6.45, 7) is 4.53. The molecule has 4 aromatic rings. The van der Waals surface area contributed by atoms with Crippen molar-refractivity contribution in [3.8, 4) is 22.3 Å². The molecule has 0 aliphatic heterocycles. The van der Waals surface area contributed by atoms with Gasteiger partial charge in [-0.15, -0.1) is 11.1 Å². The van der Waals surface area contributed by atoms with E-state index in [0.717, 1.165) is 22.4 Å². The summed E-state index contributed by atoms with van der Waals surface area (Å²) in [5.74, 6) is 0. The van der Waals surface area contributed by atoms with Crippen molar-refractivity contribution in [1.82, 2.24) is 0 Å². The van der Waals surface area contributed by atoms with E-state index >= 15 is 0 Å². The smallest absolute Gasteiger partial charge is 0.0253 e. The van der Waals surface area contributed by atoms with E-state index in [2.05, 4.69) is 98.8 Å². The molecule has 1 radical (unpaired) electrons. The van der Waals surface area contributed by atoms with Crippen molar-refractivity contribution in [2.75, 3.05) is 0 Å². The molecule has 0 aromatic heterocycles. The fourth-order valence-electron chi connectivity index (χ4n) is 4.55. The van der Waals surface area contributed by atoms with Crippen molar-refractivity contribution < 1.29 is 17.0 Å². The van der Waals surface area contributed by atoms with Gasteiger partial charge in [-0.2, -0.15) is 59.7 Å². The number of benzene rings is 4. The third kappa shape index (κ3) is 8.20. The number of hydrogen-bond acceptors (Lipinski definition) is 0. The molecule has 0 amide bonds. The zero-order chi connectivity index (χ0) is 25.6. The van der Waals surface area contributed by atoms with Gasteiger partial charge in [-0.05, 0) is 12.8 Å². The second-order valence-corrected chi connectivity index (χ2v) is 13.0. The Labute approximate surface area is 237 Å². The molecule has 0 fully saturated rings. The van der Waals surface area contributed by atoms with E-state index in [1.807, 2.05) is 12.1 Å². The molecule has 0 saturated heterocycles. The summed E-state index contributed by atoms with van der Waals surface area (Å²) < 4.78 is 0. The molecule has 4 heteroatoms. The molecule has 4 aromatic carbocycles. The maximum Gasteiger partial charge on any atom is -0.0253 e. The van der Waals surface area contributed by atoms with Crippen LogP contribution in [0.4, 0.5) is 0 Å². The van der Waals surface area contributed by atoms with Crippen LogP contribution in [-0.4, -0.2) is 9.52 Å². The summed E-state index contributed by atoms with van der Waals surface area (Å²) in [7, 11) is 10.6. The molecule has 36 heavy (non-hydrogen) atoms. The predicted molar refractivity (Wildman–Crippen MR) is 156 cm³/mol. The molecular formula is C32H33Cl2SiTi-2. The van der Waals surface area contributed by atoms with Crippen molar-refractivity contribution >= 4 is 28.1 Å². The van der Waals surface area contributed by atoms with Gasteiger partial charge in [0.05, 0.1) is 0 Å². The first-order chi connectivity index (χ1) is 17.7.